The summed E-state index contributed by atoms with van der Waals surface area (Å²) in [5.74, 6) is 0.772. The van der Waals surface area contributed by atoms with Gasteiger partial charge in [0.2, 0.25) is 15.9 Å². The van der Waals surface area contributed by atoms with Crippen LogP contribution >= 0.6 is 11.8 Å². The highest BCUT2D eigenvalue weighted by molar-refractivity contribution is 7.99. The van der Waals surface area contributed by atoms with Gasteiger partial charge in [0.1, 0.15) is 0 Å². The number of sulfonamides is 1. The number of carbonyl (C=O) groups is 1. The van der Waals surface area contributed by atoms with Crippen molar-refractivity contribution in [1.29, 1.82) is 0 Å². The average Bonchev–Trinajstić information content (AvgIpc) is 3.00. The lowest BCUT2D eigenvalue weighted by molar-refractivity contribution is 0.0946. The van der Waals surface area contributed by atoms with E-state index in [0.29, 0.717) is 16.7 Å². The molecule has 0 aliphatic rings. The summed E-state index contributed by atoms with van der Waals surface area (Å²) >= 11 is 1.42. The lowest BCUT2D eigenvalue weighted by atomic mass is 10.2. The van der Waals surface area contributed by atoms with Crippen LogP contribution in [-0.4, -0.2) is 48.7 Å². The number of thioether (sulfide) groups is 1. The molecular weight excluding hydrogens is 352 g/mol. The number of aromatic nitrogens is 2. The van der Waals surface area contributed by atoms with E-state index in [1.54, 1.807) is 0 Å². The lowest BCUT2D eigenvalue weighted by Crippen LogP contribution is -2.24. The van der Waals surface area contributed by atoms with Gasteiger partial charge in [0.05, 0.1) is 11.4 Å². The molecule has 0 aliphatic heterocycles. The summed E-state index contributed by atoms with van der Waals surface area (Å²) in [7, 11) is -0.612. The Morgan fingerprint density at radius 3 is 2.50 bits per heavy atom. The molecule has 1 aromatic carbocycles. The van der Waals surface area contributed by atoms with Gasteiger partial charge in [-0.1, -0.05) is 18.7 Å². The van der Waals surface area contributed by atoms with Gasteiger partial charge in [0, 0.05) is 19.7 Å². The fourth-order valence-electron chi connectivity index (χ4n) is 1.74. The number of nitrogens with zero attached hydrogens (tertiary/aromatic N) is 3. The quantitative estimate of drug-likeness (QED) is 0.734. The van der Waals surface area contributed by atoms with E-state index in [1.807, 2.05) is 6.92 Å². The second-order valence-corrected chi connectivity index (χ2v) is 8.26. The summed E-state index contributed by atoms with van der Waals surface area (Å²) in [5, 5.41) is 10.8. The van der Waals surface area contributed by atoms with Crippen molar-refractivity contribution in [3.63, 3.8) is 0 Å². The highest BCUT2D eigenvalue weighted by Crippen LogP contribution is 2.16. The Kier molecular flexibility index (Phi) is 5.97. The summed E-state index contributed by atoms with van der Waals surface area (Å²) in [4.78, 5) is 12.2. The van der Waals surface area contributed by atoms with E-state index in [1.165, 1.54) is 50.1 Å². The third-order valence-electron chi connectivity index (χ3n) is 3.01. The molecule has 0 bridgehead atoms. The zero-order chi connectivity index (χ0) is 17.7. The van der Waals surface area contributed by atoms with Gasteiger partial charge in [-0.2, -0.15) is 0 Å². The smallest absolute Gasteiger partial charge is 0.276 e. The molecule has 0 unspecified atom stereocenters. The zero-order valence-corrected chi connectivity index (χ0v) is 15.1. The predicted octanol–water partition coefficient (Wildman–Crippen LogP) is 1.36. The third-order valence-corrected chi connectivity index (χ3v) is 5.54. The van der Waals surface area contributed by atoms with Crippen molar-refractivity contribution in [3.05, 3.63) is 35.7 Å². The second kappa shape index (κ2) is 7.77. The molecule has 24 heavy (non-hydrogen) atoms. The van der Waals surface area contributed by atoms with Crippen LogP contribution in [0.5, 0.6) is 0 Å². The Morgan fingerprint density at radius 1 is 1.25 bits per heavy atom. The van der Waals surface area contributed by atoms with Crippen LogP contribution in [0.15, 0.2) is 38.8 Å². The molecule has 0 atom stereocenters. The van der Waals surface area contributed by atoms with Crippen molar-refractivity contribution in [2.24, 2.45) is 0 Å². The van der Waals surface area contributed by atoms with Gasteiger partial charge < -0.3 is 9.73 Å². The van der Waals surface area contributed by atoms with Crippen LogP contribution in [-0.2, 0) is 16.6 Å². The molecule has 0 spiro atoms. The highest BCUT2D eigenvalue weighted by Gasteiger charge is 2.17. The standard InChI is InChI=1S/C14H18N4O4S2/c1-4-23-14-17-16-12(22-14)9-15-13(19)10-5-7-11(8-6-10)24(20,21)18(2)3/h5-8H,4,9H2,1-3H3,(H,15,19). The van der Waals surface area contributed by atoms with Crippen molar-refractivity contribution < 1.29 is 17.6 Å². The first-order valence-corrected chi connectivity index (χ1v) is 9.53. The van der Waals surface area contributed by atoms with Crippen LogP contribution in [0.3, 0.4) is 0 Å². The van der Waals surface area contributed by atoms with Gasteiger partial charge in [-0.05, 0) is 30.0 Å². The Hall–Kier alpha value is -1.91. The van der Waals surface area contributed by atoms with Crippen LogP contribution in [0.25, 0.3) is 0 Å². The fourth-order valence-corrected chi connectivity index (χ4v) is 3.14. The minimum Gasteiger partial charge on any atom is -0.414 e. The first-order chi connectivity index (χ1) is 11.3. The number of rotatable bonds is 7. The van der Waals surface area contributed by atoms with Crippen molar-refractivity contribution in [1.82, 2.24) is 19.8 Å². The van der Waals surface area contributed by atoms with E-state index in [4.69, 9.17) is 4.42 Å². The molecule has 8 nitrogen and oxygen atoms in total. The normalized spacial score (nSPS) is 11.7. The molecule has 10 heteroatoms. The SMILES string of the molecule is CCSc1nnc(CNC(=O)c2ccc(S(=O)(=O)N(C)C)cc2)o1. The van der Waals surface area contributed by atoms with Crippen molar-refractivity contribution >= 4 is 27.7 Å². The molecule has 1 N–H and O–H groups in total. The van der Waals surface area contributed by atoms with Crippen LogP contribution in [0.1, 0.15) is 23.2 Å². The molecule has 0 fully saturated rings. The van der Waals surface area contributed by atoms with E-state index in [2.05, 4.69) is 15.5 Å². The molecule has 1 aromatic heterocycles. The first-order valence-electron chi connectivity index (χ1n) is 7.10. The summed E-state index contributed by atoms with van der Waals surface area (Å²) in [5.41, 5.74) is 0.343. The number of hydrogen-bond donors (Lipinski definition) is 1. The minimum absolute atomic E-state index is 0.105. The Balaban J connectivity index is 2.00. The zero-order valence-electron chi connectivity index (χ0n) is 13.5. The molecule has 2 rings (SSSR count). The van der Waals surface area contributed by atoms with Crippen LogP contribution in [0, 0.1) is 0 Å². The van der Waals surface area contributed by atoms with Crippen molar-refractivity contribution in [2.75, 3.05) is 19.8 Å². The third kappa shape index (κ3) is 4.34. The molecular formula is C14H18N4O4S2. The summed E-state index contributed by atoms with van der Waals surface area (Å²) < 4.78 is 30.4. The maximum Gasteiger partial charge on any atom is 0.276 e. The number of carbonyl (C=O) groups excluding carboxylic acids is 1. The molecule has 1 heterocycles. The fraction of sp³-hybridized carbons (Fsp3) is 0.357. The first kappa shape index (κ1) is 18.4. The van der Waals surface area contributed by atoms with E-state index >= 15 is 0 Å². The summed E-state index contributed by atoms with van der Waals surface area (Å²) in [6.07, 6.45) is 0. The van der Waals surface area contributed by atoms with Gasteiger partial charge in [-0.3, -0.25) is 4.79 Å². The molecule has 130 valence electrons. The van der Waals surface area contributed by atoms with E-state index in [9.17, 15) is 13.2 Å². The second-order valence-electron chi connectivity index (χ2n) is 4.89. The Morgan fingerprint density at radius 2 is 1.92 bits per heavy atom. The van der Waals surface area contributed by atoms with Crippen LogP contribution in [0.4, 0.5) is 0 Å². The molecule has 1 amide bonds. The van der Waals surface area contributed by atoms with Gasteiger partial charge in [0.15, 0.2) is 0 Å². The number of nitrogens with one attached hydrogen (secondary N) is 1. The average molecular weight is 370 g/mol. The van der Waals surface area contributed by atoms with Crippen molar-refractivity contribution in [2.45, 2.75) is 23.6 Å². The molecule has 0 radical (unpaired) electrons. The van der Waals surface area contributed by atoms with Crippen LogP contribution < -0.4 is 5.32 Å². The Labute approximate surface area is 144 Å². The van der Waals surface area contributed by atoms with Crippen molar-refractivity contribution in [3.8, 4) is 0 Å². The molecule has 0 saturated heterocycles. The van der Waals surface area contributed by atoms with Gasteiger partial charge in [-0.25, -0.2) is 12.7 Å². The van der Waals surface area contributed by atoms with E-state index in [-0.39, 0.29) is 17.3 Å². The number of amides is 1. The number of hydrogen-bond acceptors (Lipinski definition) is 7. The predicted molar refractivity (Wildman–Crippen MR) is 89.2 cm³/mol. The topological polar surface area (TPSA) is 105 Å². The molecule has 0 saturated carbocycles. The lowest BCUT2D eigenvalue weighted by Gasteiger charge is -2.11. The molecule has 0 aliphatic carbocycles. The van der Waals surface area contributed by atoms with Gasteiger partial charge >= 0.3 is 0 Å². The van der Waals surface area contributed by atoms with E-state index in [0.717, 1.165) is 10.1 Å². The van der Waals surface area contributed by atoms with E-state index < -0.39 is 10.0 Å². The monoisotopic (exact) mass is 370 g/mol. The Bertz CT molecular complexity index is 800. The summed E-state index contributed by atoms with van der Waals surface area (Å²) in [6, 6.07) is 5.70. The number of benzene rings is 1. The van der Waals surface area contributed by atoms with Gasteiger partial charge in [-0.15, -0.1) is 10.2 Å². The maximum atomic E-state index is 12.1. The van der Waals surface area contributed by atoms with Gasteiger partial charge in [0.25, 0.3) is 11.1 Å². The largest absolute Gasteiger partial charge is 0.414 e. The summed E-state index contributed by atoms with van der Waals surface area (Å²) in [6.45, 7) is 2.07. The molecule has 2 aromatic rings. The minimum atomic E-state index is -3.51. The highest BCUT2D eigenvalue weighted by atomic mass is 32.2. The van der Waals surface area contributed by atoms with Crippen LogP contribution in [0.2, 0.25) is 0 Å². The maximum absolute atomic E-state index is 12.1.